The lowest BCUT2D eigenvalue weighted by molar-refractivity contribution is -0.139. The van der Waals surface area contributed by atoms with Crippen LogP contribution < -0.4 is 19.6 Å². The molecule has 7 nitrogen and oxygen atoms in total. The number of ether oxygens (including phenoxy) is 2. The summed E-state index contributed by atoms with van der Waals surface area (Å²) in [7, 11) is 0. The smallest absolute Gasteiger partial charge is 0.338 e. The van der Waals surface area contributed by atoms with Crippen LogP contribution >= 0.6 is 11.3 Å². The summed E-state index contributed by atoms with van der Waals surface area (Å²) in [5, 5.41) is 1.05. The van der Waals surface area contributed by atoms with Gasteiger partial charge < -0.3 is 14.0 Å². The largest absolute Gasteiger partial charge is 0.494 e. The van der Waals surface area contributed by atoms with Gasteiger partial charge in [-0.15, -0.1) is 6.58 Å². The second-order valence-corrected chi connectivity index (χ2v) is 9.86. The first-order chi connectivity index (χ1) is 18.5. The van der Waals surface area contributed by atoms with E-state index in [9.17, 15) is 9.59 Å². The Bertz CT molecular complexity index is 1740. The van der Waals surface area contributed by atoms with Gasteiger partial charge in [-0.2, -0.15) is 0 Å². The van der Waals surface area contributed by atoms with E-state index in [0.717, 1.165) is 27.8 Å². The molecule has 5 rings (SSSR count). The minimum atomic E-state index is -0.662. The summed E-state index contributed by atoms with van der Waals surface area (Å²) in [6, 6.07) is 14.9. The van der Waals surface area contributed by atoms with E-state index in [4.69, 9.17) is 9.47 Å². The van der Waals surface area contributed by atoms with Crippen molar-refractivity contribution in [3.8, 4) is 5.75 Å². The molecule has 38 heavy (non-hydrogen) atoms. The second kappa shape index (κ2) is 10.7. The molecule has 1 aliphatic rings. The van der Waals surface area contributed by atoms with Gasteiger partial charge in [-0.05, 0) is 50.6 Å². The van der Waals surface area contributed by atoms with Gasteiger partial charge in [0.1, 0.15) is 5.75 Å². The molecule has 194 valence electrons. The third kappa shape index (κ3) is 4.52. The van der Waals surface area contributed by atoms with Crippen molar-refractivity contribution in [1.82, 2.24) is 9.13 Å². The number of aromatic nitrogens is 2. The average Bonchev–Trinajstić information content (AvgIpc) is 3.41. The number of hydrogen-bond donors (Lipinski definition) is 0. The highest BCUT2D eigenvalue weighted by Crippen LogP contribution is 2.31. The zero-order valence-electron chi connectivity index (χ0n) is 21.6. The maximum absolute atomic E-state index is 13.9. The van der Waals surface area contributed by atoms with Gasteiger partial charge in [0.15, 0.2) is 4.80 Å². The predicted octanol–water partition coefficient (Wildman–Crippen LogP) is 4.34. The molecule has 1 aliphatic heterocycles. The van der Waals surface area contributed by atoms with Crippen LogP contribution in [-0.4, -0.2) is 28.3 Å². The van der Waals surface area contributed by atoms with Crippen molar-refractivity contribution in [3.05, 3.63) is 109 Å². The Labute approximate surface area is 224 Å². The number of thiazole rings is 1. The molecule has 0 amide bonds. The van der Waals surface area contributed by atoms with E-state index < -0.39 is 12.0 Å². The molecule has 2 aromatic carbocycles. The van der Waals surface area contributed by atoms with Gasteiger partial charge in [0, 0.05) is 29.2 Å². The summed E-state index contributed by atoms with van der Waals surface area (Å²) in [5.74, 6) is 0.243. The first-order valence-corrected chi connectivity index (χ1v) is 13.4. The Morgan fingerprint density at radius 3 is 2.61 bits per heavy atom. The fourth-order valence-corrected chi connectivity index (χ4v) is 5.88. The monoisotopic (exact) mass is 527 g/mol. The van der Waals surface area contributed by atoms with Crippen molar-refractivity contribution >= 4 is 34.3 Å². The molecule has 8 heteroatoms. The SMILES string of the molecule is C=CCn1cc(/C=c2\sc3n(c2=O)[C@@H](c2ccc(OCC)cc2)C(C(=O)OCC)=C(C)N=3)c2ccccc21. The van der Waals surface area contributed by atoms with Crippen LogP contribution in [0, 0.1) is 0 Å². The molecule has 0 spiro atoms. The molecule has 0 N–H and O–H groups in total. The Balaban J connectivity index is 1.71. The Morgan fingerprint density at radius 1 is 1.13 bits per heavy atom. The molecule has 0 saturated carbocycles. The van der Waals surface area contributed by atoms with Gasteiger partial charge in [0.05, 0.1) is 35.1 Å². The van der Waals surface area contributed by atoms with E-state index in [1.54, 1.807) is 18.4 Å². The molecular formula is C30H29N3O4S. The number of esters is 1. The minimum Gasteiger partial charge on any atom is -0.494 e. The zero-order chi connectivity index (χ0) is 26.8. The highest BCUT2D eigenvalue weighted by atomic mass is 32.1. The van der Waals surface area contributed by atoms with Crippen molar-refractivity contribution in [2.24, 2.45) is 4.99 Å². The van der Waals surface area contributed by atoms with Crippen LogP contribution in [0.5, 0.6) is 5.75 Å². The van der Waals surface area contributed by atoms with Gasteiger partial charge >= 0.3 is 5.97 Å². The lowest BCUT2D eigenvalue weighted by atomic mass is 9.96. The van der Waals surface area contributed by atoms with Crippen LogP contribution in [0.2, 0.25) is 0 Å². The number of rotatable bonds is 8. The Hall–Kier alpha value is -4.17. The van der Waals surface area contributed by atoms with Gasteiger partial charge in [-0.25, -0.2) is 9.79 Å². The first-order valence-electron chi connectivity index (χ1n) is 12.6. The van der Waals surface area contributed by atoms with Crippen molar-refractivity contribution in [2.75, 3.05) is 13.2 Å². The topological polar surface area (TPSA) is 74.8 Å². The molecule has 4 aromatic rings. The Morgan fingerprint density at radius 2 is 1.89 bits per heavy atom. The molecule has 3 heterocycles. The van der Waals surface area contributed by atoms with Crippen LogP contribution in [-0.2, 0) is 16.1 Å². The fourth-order valence-electron chi connectivity index (χ4n) is 4.84. The van der Waals surface area contributed by atoms with E-state index in [2.05, 4.69) is 22.2 Å². The molecule has 0 fully saturated rings. The highest BCUT2D eigenvalue weighted by molar-refractivity contribution is 7.07. The summed E-state index contributed by atoms with van der Waals surface area (Å²) < 4.78 is 15.2. The number of allylic oxidation sites excluding steroid dienone is 2. The number of carbonyl (C=O) groups is 1. The summed E-state index contributed by atoms with van der Waals surface area (Å²) in [5.41, 5.74) is 3.48. The average molecular weight is 528 g/mol. The standard InChI is InChI=1S/C30H29N3O4S/c1-5-16-32-18-21(23-10-8-9-11-24(23)32)17-25-28(34)33-27(20-12-14-22(15-13-20)36-6-2)26(29(35)37-7-3)19(4)31-30(33)38-25/h5,8-15,17-18,27H,1,6-7,16H2,2-4H3/b25-17-/t27-/m0/s1. The number of para-hydroxylation sites is 1. The van der Waals surface area contributed by atoms with Gasteiger partial charge in [0.2, 0.25) is 0 Å². The Kier molecular flexibility index (Phi) is 7.15. The van der Waals surface area contributed by atoms with E-state index in [1.807, 2.05) is 67.7 Å². The van der Waals surface area contributed by atoms with Gasteiger partial charge in [-0.1, -0.05) is 47.7 Å². The van der Waals surface area contributed by atoms with Crippen LogP contribution in [0.1, 0.15) is 37.9 Å². The van der Waals surface area contributed by atoms with Crippen molar-refractivity contribution in [1.29, 1.82) is 0 Å². The summed E-state index contributed by atoms with van der Waals surface area (Å²) in [6.07, 6.45) is 5.79. The zero-order valence-corrected chi connectivity index (χ0v) is 22.5. The lowest BCUT2D eigenvalue weighted by Gasteiger charge is -2.24. The predicted molar refractivity (Wildman–Crippen MR) is 150 cm³/mol. The molecule has 0 saturated heterocycles. The maximum Gasteiger partial charge on any atom is 0.338 e. The molecule has 0 radical (unpaired) electrons. The van der Waals surface area contributed by atoms with E-state index in [1.165, 1.54) is 11.3 Å². The number of hydrogen-bond acceptors (Lipinski definition) is 6. The van der Waals surface area contributed by atoms with Crippen LogP contribution in [0.15, 0.2) is 88.4 Å². The number of fused-ring (bicyclic) bond motifs is 2. The minimum absolute atomic E-state index is 0.206. The van der Waals surface area contributed by atoms with Crippen LogP contribution in [0.4, 0.5) is 0 Å². The van der Waals surface area contributed by atoms with Gasteiger partial charge in [-0.3, -0.25) is 9.36 Å². The molecule has 0 bridgehead atoms. The maximum atomic E-state index is 13.9. The lowest BCUT2D eigenvalue weighted by Crippen LogP contribution is -2.39. The molecule has 1 atom stereocenters. The van der Waals surface area contributed by atoms with E-state index >= 15 is 0 Å². The van der Waals surface area contributed by atoms with E-state index in [0.29, 0.717) is 33.8 Å². The molecule has 0 aliphatic carbocycles. The molecular weight excluding hydrogens is 498 g/mol. The van der Waals surface area contributed by atoms with Crippen molar-refractivity contribution in [3.63, 3.8) is 0 Å². The third-order valence-electron chi connectivity index (χ3n) is 6.46. The first kappa shape index (κ1) is 25.5. The summed E-state index contributed by atoms with van der Waals surface area (Å²) in [6.45, 7) is 10.8. The van der Waals surface area contributed by atoms with E-state index in [-0.39, 0.29) is 12.2 Å². The quantitative estimate of drug-likeness (QED) is 0.252. The summed E-state index contributed by atoms with van der Waals surface area (Å²) in [4.78, 5) is 32.2. The van der Waals surface area contributed by atoms with Crippen LogP contribution in [0.25, 0.3) is 17.0 Å². The highest BCUT2D eigenvalue weighted by Gasteiger charge is 2.33. The van der Waals surface area contributed by atoms with Gasteiger partial charge in [0.25, 0.3) is 5.56 Å². The number of benzene rings is 2. The third-order valence-corrected chi connectivity index (χ3v) is 7.44. The van der Waals surface area contributed by atoms with Crippen LogP contribution in [0.3, 0.4) is 0 Å². The second-order valence-electron chi connectivity index (χ2n) is 8.85. The molecule has 2 aromatic heterocycles. The fraction of sp³-hybridized carbons (Fsp3) is 0.233. The molecule has 0 unspecified atom stereocenters. The number of nitrogens with zero attached hydrogens (tertiary/aromatic N) is 3. The normalized spacial score (nSPS) is 15.3. The van der Waals surface area contributed by atoms with Crippen molar-refractivity contribution in [2.45, 2.75) is 33.4 Å². The summed E-state index contributed by atoms with van der Waals surface area (Å²) >= 11 is 1.32. The number of carbonyl (C=O) groups excluding carboxylic acids is 1. The van der Waals surface area contributed by atoms with Crippen molar-refractivity contribution < 1.29 is 14.3 Å².